The summed E-state index contributed by atoms with van der Waals surface area (Å²) < 4.78 is 76.1. The first-order chi connectivity index (χ1) is 18.1. The summed E-state index contributed by atoms with van der Waals surface area (Å²) in [4.78, 5) is 17.6. The second kappa shape index (κ2) is 10.8. The first-order valence-corrected chi connectivity index (χ1v) is 13.2. The standard InChI is InChI=1S/C23H13Cl3F6N4OS2/c24-14-7-11(23(30,31)32)8-15(25)16(14)17(37)18-19(33)36-20(38-18)35-12-1-3-13(4-2-12)39-21(26)6-5-10(9-34-21)22(27,28)29/h1-9,34H,33H2,(H,35,36). The molecule has 4 N–H and O–H groups in total. The zero-order valence-corrected chi connectivity index (χ0v) is 22.7. The lowest BCUT2D eigenvalue weighted by molar-refractivity contribution is -0.137. The molecule has 3 aromatic rings. The summed E-state index contributed by atoms with van der Waals surface area (Å²) in [5, 5.41) is 4.70. The third-order valence-corrected chi connectivity index (χ3v) is 8.16. The Hall–Kier alpha value is -2.58. The zero-order valence-electron chi connectivity index (χ0n) is 18.8. The number of nitrogens with one attached hydrogen (secondary N) is 2. The van der Waals surface area contributed by atoms with Gasteiger partial charge in [0.1, 0.15) is 10.7 Å². The third-order valence-electron chi connectivity index (χ3n) is 5.06. The zero-order chi connectivity index (χ0) is 28.8. The van der Waals surface area contributed by atoms with Crippen LogP contribution >= 0.6 is 57.9 Å². The first kappa shape index (κ1) is 29.4. The quantitative estimate of drug-likeness (QED) is 0.108. The minimum atomic E-state index is -4.70. The topological polar surface area (TPSA) is 80.0 Å². The predicted octanol–water partition coefficient (Wildman–Crippen LogP) is 8.62. The van der Waals surface area contributed by atoms with Gasteiger partial charge in [-0.05, 0) is 48.6 Å². The van der Waals surface area contributed by atoms with Crippen LogP contribution in [-0.2, 0) is 6.18 Å². The molecule has 0 radical (unpaired) electrons. The number of dihydropyridines is 1. The highest BCUT2D eigenvalue weighted by Crippen LogP contribution is 2.41. The first-order valence-electron chi connectivity index (χ1n) is 10.4. The van der Waals surface area contributed by atoms with Crippen molar-refractivity contribution in [3.8, 4) is 0 Å². The molecular formula is C23H13Cl3F6N4OS2. The van der Waals surface area contributed by atoms with E-state index in [1.165, 1.54) is 6.08 Å². The van der Waals surface area contributed by atoms with Crippen LogP contribution in [0.1, 0.15) is 20.8 Å². The molecule has 4 rings (SSSR count). The molecule has 1 aromatic heterocycles. The molecule has 0 saturated heterocycles. The normalized spacial score (nSPS) is 17.5. The lowest BCUT2D eigenvalue weighted by Crippen LogP contribution is -2.34. The summed E-state index contributed by atoms with van der Waals surface area (Å²) in [7, 11) is 0. The number of allylic oxidation sites excluding steroid dienone is 2. The maximum Gasteiger partial charge on any atom is 0.417 e. The molecule has 2 heterocycles. The Morgan fingerprint density at radius 2 is 1.67 bits per heavy atom. The molecule has 1 unspecified atom stereocenters. The number of carbonyl (C=O) groups is 1. The number of carbonyl (C=O) groups excluding carboxylic acids is 1. The van der Waals surface area contributed by atoms with Crippen LogP contribution in [0.5, 0.6) is 0 Å². The molecule has 1 aliphatic heterocycles. The molecule has 0 saturated carbocycles. The number of aromatic nitrogens is 1. The van der Waals surface area contributed by atoms with Crippen molar-refractivity contribution in [1.82, 2.24) is 10.3 Å². The fourth-order valence-corrected chi connectivity index (χ4v) is 5.99. The van der Waals surface area contributed by atoms with E-state index in [2.05, 4.69) is 15.6 Å². The summed E-state index contributed by atoms with van der Waals surface area (Å²) in [6.07, 6.45) is -6.32. The maximum atomic E-state index is 13.0. The molecule has 0 aliphatic carbocycles. The fraction of sp³-hybridized carbons (Fsp3) is 0.130. The van der Waals surface area contributed by atoms with E-state index in [1.807, 2.05) is 0 Å². The summed E-state index contributed by atoms with van der Waals surface area (Å²) in [6.45, 7) is 0. The summed E-state index contributed by atoms with van der Waals surface area (Å²) in [6, 6.07) is 7.78. The van der Waals surface area contributed by atoms with E-state index >= 15 is 0 Å². The van der Waals surface area contributed by atoms with E-state index in [9.17, 15) is 31.1 Å². The predicted molar refractivity (Wildman–Crippen MR) is 142 cm³/mol. The number of nitrogen functional groups attached to an aromatic ring is 1. The fourth-order valence-electron chi connectivity index (χ4n) is 3.23. The highest BCUT2D eigenvalue weighted by molar-refractivity contribution is 8.02. The van der Waals surface area contributed by atoms with Crippen molar-refractivity contribution in [3.05, 3.63) is 86.4 Å². The number of ketones is 1. The van der Waals surface area contributed by atoms with Crippen molar-refractivity contribution in [1.29, 1.82) is 0 Å². The van der Waals surface area contributed by atoms with Gasteiger partial charge in [0, 0.05) is 16.8 Å². The number of nitrogens with zero attached hydrogens (tertiary/aromatic N) is 1. The molecule has 206 valence electrons. The Bertz CT molecular complexity index is 1470. The number of hydrogen-bond acceptors (Lipinski definition) is 7. The van der Waals surface area contributed by atoms with Gasteiger partial charge in [0.05, 0.1) is 26.7 Å². The Morgan fingerprint density at radius 1 is 1.05 bits per heavy atom. The highest BCUT2D eigenvalue weighted by atomic mass is 35.5. The van der Waals surface area contributed by atoms with Crippen molar-refractivity contribution in [2.24, 2.45) is 0 Å². The van der Waals surface area contributed by atoms with Crippen LogP contribution in [0, 0.1) is 0 Å². The van der Waals surface area contributed by atoms with Crippen molar-refractivity contribution in [2.45, 2.75) is 21.6 Å². The van der Waals surface area contributed by atoms with Crippen LogP contribution < -0.4 is 16.4 Å². The van der Waals surface area contributed by atoms with Gasteiger partial charge in [-0.15, -0.1) is 0 Å². The highest BCUT2D eigenvalue weighted by Gasteiger charge is 2.37. The second-order valence-corrected chi connectivity index (χ2v) is 11.8. The number of hydrogen-bond donors (Lipinski definition) is 3. The molecule has 5 nitrogen and oxygen atoms in total. The largest absolute Gasteiger partial charge is 0.417 e. The molecule has 1 aliphatic rings. The van der Waals surface area contributed by atoms with Crippen LogP contribution in [0.2, 0.25) is 10.0 Å². The molecule has 0 spiro atoms. The average molecular weight is 646 g/mol. The summed E-state index contributed by atoms with van der Waals surface area (Å²) in [5.74, 6) is -0.978. The molecule has 1 atom stereocenters. The summed E-state index contributed by atoms with van der Waals surface area (Å²) in [5.41, 5.74) is 4.10. The maximum absolute atomic E-state index is 13.0. The van der Waals surface area contributed by atoms with Gasteiger partial charge in [-0.25, -0.2) is 4.98 Å². The number of nitrogens with two attached hydrogens (primary N) is 1. The second-order valence-electron chi connectivity index (χ2n) is 7.85. The van der Waals surface area contributed by atoms with Gasteiger partial charge in [-0.3, -0.25) is 4.79 Å². The van der Waals surface area contributed by atoms with Crippen molar-refractivity contribution in [2.75, 3.05) is 11.1 Å². The molecule has 16 heteroatoms. The smallest absolute Gasteiger partial charge is 0.382 e. The Morgan fingerprint density at radius 3 is 2.18 bits per heavy atom. The number of anilines is 3. The minimum absolute atomic E-state index is 0.0845. The van der Waals surface area contributed by atoms with Crippen molar-refractivity contribution >= 4 is 80.3 Å². The van der Waals surface area contributed by atoms with E-state index in [0.717, 1.165) is 35.4 Å². The Labute approximate surface area is 240 Å². The number of halogens is 9. The van der Waals surface area contributed by atoms with E-state index in [1.54, 1.807) is 24.3 Å². The molecule has 39 heavy (non-hydrogen) atoms. The number of rotatable bonds is 6. The summed E-state index contributed by atoms with van der Waals surface area (Å²) >= 11 is 20.1. The minimum Gasteiger partial charge on any atom is -0.382 e. The molecular weight excluding hydrogens is 633 g/mol. The monoisotopic (exact) mass is 644 g/mol. The van der Waals surface area contributed by atoms with E-state index in [-0.39, 0.29) is 21.4 Å². The van der Waals surface area contributed by atoms with Gasteiger partial charge in [0.2, 0.25) is 5.78 Å². The number of thioether (sulfide) groups is 1. The van der Waals surface area contributed by atoms with Crippen LogP contribution in [0.3, 0.4) is 0 Å². The van der Waals surface area contributed by atoms with Crippen molar-refractivity contribution < 1.29 is 31.1 Å². The van der Waals surface area contributed by atoms with Gasteiger partial charge in [0.15, 0.2) is 9.46 Å². The van der Waals surface area contributed by atoms with Crippen LogP contribution in [-0.4, -0.2) is 21.3 Å². The molecule has 0 fully saturated rings. The van der Waals surface area contributed by atoms with Gasteiger partial charge in [-0.1, -0.05) is 57.9 Å². The third kappa shape index (κ3) is 6.77. The molecule has 0 amide bonds. The Balaban J connectivity index is 1.46. The lowest BCUT2D eigenvalue weighted by Gasteiger charge is -2.27. The number of thiazole rings is 1. The van der Waals surface area contributed by atoms with Crippen molar-refractivity contribution in [3.63, 3.8) is 0 Å². The van der Waals surface area contributed by atoms with Crippen LogP contribution in [0.25, 0.3) is 0 Å². The van der Waals surface area contributed by atoms with Gasteiger partial charge >= 0.3 is 12.4 Å². The SMILES string of the molecule is Nc1nc(Nc2ccc(SC3(Cl)C=CC(C(F)(F)F)=CN3)cc2)sc1C(=O)c1c(Cl)cc(C(F)(F)F)cc1Cl. The Kier molecular flexibility index (Phi) is 8.12. The number of alkyl halides is 7. The van der Waals surface area contributed by atoms with E-state index in [4.69, 9.17) is 40.5 Å². The van der Waals surface area contributed by atoms with Gasteiger partial charge in [-0.2, -0.15) is 26.3 Å². The molecule has 0 bridgehead atoms. The van der Waals surface area contributed by atoms with Crippen LogP contribution in [0.15, 0.2) is 65.2 Å². The molecule has 2 aromatic carbocycles. The van der Waals surface area contributed by atoms with Gasteiger partial charge < -0.3 is 16.4 Å². The lowest BCUT2D eigenvalue weighted by atomic mass is 10.1. The number of benzene rings is 2. The van der Waals surface area contributed by atoms with Gasteiger partial charge in [0.25, 0.3) is 0 Å². The van der Waals surface area contributed by atoms with E-state index in [0.29, 0.717) is 22.7 Å². The van der Waals surface area contributed by atoms with Crippen LogP contribution in [0.4, 0.5) is 43.0 Å². The van der Waals surface area contributed by atoms with E-state index < -0.39 is 43.6 Å². The average Bonchev–Trinajstić information content (AvgIpc) is 3.18.